The molecule has 2 aromatic heterocycles. The van der Waals surface area contributed by atoms with Gasteiger partial charge in [0.25, 0.3) is 0 Å². The van der Waals surface area contributed by atoms with E-state index in [-0.39, 0.29) is 0 Å². The third-order valence-electron chi connectivity index (χ3n) is 5.52. The minimum Gasteiger partial charge on any atom is -0.493 e. The van der Waals surface area contributed by atoms with Gasteiger partial charge in [0.1, 0.15) is 5.82 Å². The molecule has 1 aliphatic rings. The number of nitrogens with zero attached hydrogens (tertiary/aromatic N) is 3. The molecule has 4 rings (SSSR count). The van der Waals surface area contributed by atoms with Crippen LogP contribution in [-0.4, -0.2) is 46.6 Å². The molecule has 2 heterocycles. The van der Waals surface area contributed by atoms with Crippen LogP contribution in [-0.2, 0) is 0 Å². The van der Waals surface area contributed by atoms with E-state index in [0.717, 1.165) is 48.3 Å². The van der Waals surface area contributed by atoms with Crippen molar-refractivity contribution < 1.29 is 14.6 Å². The van der Waals surface area contributed by atoms with Gasteiger partial charge in [-0.2, -0.15) is 5.10 Å². The van der Waals surface area contributed by atoms with Gasteiger partial charge in [0.2, 0.25) is 0 Å². The van der Waals surface area contributed by atoms with E-state index in [0.29, 0.717) is 30.1 Å². The predicted octanol–water partition coefficient (Wildman–Crippen LogP) is 3.38. The normalized spacial score (nSPS) is 19.5. The van der Waals surface area contributed by atoms with Crippen LogP contribution in [0.1, 0.15) is 25.7 Å². The molecule has 0 radical (unpaired) electrons. The van der Waals surface area contributed by atoms with E-state index in [1.54, 1.807) is 18.7 Å². The summed E-state index contributed by atoms with van der Waals surface area (Å²) in [6.45, 7) is 0.293. The third-order valence-corrected chi connectivity index (χ3v) is 5.52. The lowest BCUT2D eigenvalue weighted by Gasteiger charge is -2.28. The van der Waals surface area contributed by atoms with E-state index in [9.17, 15) is 5.11 Å². The minimum atomic E-state index is 0.293. The lowest BCUT2D eigenvalue weighted by molar-refractivity contribution is 0.185. The van der Waals surface area contributed by atoms with Crippen LogP contribution in [0.2, 0.25) is 0 Å². The van der Waals surface area contributed by atoms with Crippen LogP contribution in [0, 0.1) is 5.92 Å². The van der Waals surface area contributed by atoms with Crippen LogP contribution in [0.25, 0.3) is 16.8 Å². The second kappa shape index (κ2) is 8.06. The molecule has 0 saturated heterocycles. The Hall–Kier alpha value is -2.80. The topological polar surface area (TPSA) is 80.9 Å². The number of fused-ring (bicyclic) bond motifs is 1. The molecule has 0 aliphatic heterocycles. The number of aromatic nitrogens is 3. The molecular formula is C21H26N4O3. The number of aliphatic hydroxyl groups excluding tert-OH is 1. The Bertz CT molecular complexity index is 948. The highest BCUT2D eigenvalue weighted by Gasteiger charge is 2.21. The standard InChI is InChI=1S/C21H26N4O3/c1-27-18-8-5-15(11-19(18)28-2)17-12-22-25-10-9-20(24-21(17)25)23-16-6-3-14(13-26)4-7-16/h5,8-12,14,16,26H,3-4,6-7,13H2,1-2H3,(H,23,24). The largest absolute Gasteiger partial charge is 0.493 e. The number of anilines is 1. The quantitative estimate of drug-likeness (QED) is 0.680. The van der Waals surface area contributed by atoms with Crippen LogP contribution in [0.5, 0.6) is 11.5 Å². The molecular weight excluding hydrogens is 356 g/mol. The molecule has 7 heteroatoms. The zero-order valence-electron chi connectivity index (χ0n) is 16.3. The summed E-state index contributed by atoms with van der Waals surface area (Å²) in [6.07, 6.45) is 7.97. The first-order valence-corrected chi connectivity index (χ1v) is 9.66. The number of hydrogen-bond acceptors (Lipinski definition) is 6. The number of ether oxygens (including phenoxy) is 2. The van der Waals surface area contributed by atoms with Gasteiger partial charge in [-0.3, -0.25) is 0 Å². The summed E-state index contributed by atoms with van der Waals surface area (Å²) in [5.41, 5.74) is 2.70. The van der Waals surface area contributed by atoms with Crippen molar-refractivity contribution in [3.8, 4) is 22.6 Å². The molecule has 0 unspecified atom stereocenters. The average Bonchev–Trinajstić information content (AvgIpc) is 3.17. The molecule has 2 N–H and O–H groups in total. The number of rotatable bonds is 6. The first kappa shape index (κ1) is 18.6. The molecule has 0 bridgehead atoms. The van der Waals surface area contributed by atoms with Crippen molar-refractivity contribution in [2.24, 2.45) is 5.92 Å². The van der Waals surface area contributed by atoms with Crippen molar-refractivity contribution in [2.75, 3.05) is 26.1 Å². The number of hydrogen-bond donors (Lipinski definition) is 2. The Morgan fingerprint density at radius 1 is 1.11 bits per heavy atom. The van der Waals surface area contributed by atoms with Crippen LogP contribution in [0.3, 0.4) is 0 Å². The first-order valence-electron chi connectivity index (χ1n) is 9.66. The van der Waals surface area contributed by atoms with Crippen molar-refractivity contribution in [2.45, 2.75) is 31.7 Å². The van der Waals surface area contributed by atoms with Gasteiger partial charge in [-0.15, -0.1) is 0 Å². The maximum atomic E-state index is 9.31. The van der Waals surface area contributed by atoms with Gasteiger partial charge in [-0.1, -0.05) is 6.07 Å². The monoisotopic (exact) mass is 382 g/mol. The number of nitrogens with one attached hydrogen (secondary N) is 1. The molecule has 148 valence electrons. The van der Waals surface area contributed by atoms with Gasteiger partial charge in [0.15, 0.2) is 17.1 Å². The zero-order chi connectivity index (χ0) is 19.5. The van der Waals surface area contributed by atoms with E-state index in [4.69, 9.17) is 14.5 Å². The van der Waals surface area contributed by atoms with Crippen LogP contribution < -0.4 is 14.8 Å². The molecule has 28 heavy (non-hydrogen) atoms. The molecule has 3 aromatic rings. The fourth-order valence-electron chi connectivity index (χ4n) is 3.86. The average molecular weight is 382 g/mol. The van der Waals surface area contributed by atoms with Gasteiger partial charge in [0, 0.05) is 24.4 Å². The van der Waals surface area contributed by atoms with Crippen molar-refractivity contribution in [3.05, 3.63) is 36.7 Å². The van der Waals surface area contributed by atoms with E-state index in [1.165, 1.54) is 0 Å². The highest BCUT2D eigenvalue weighted by atomic mass is 16.5. The summed E-state index contributed by atoms with van der Waals surface area (Å²) in [4.78, 5) is 4.81. The SMILES string of the molecule is COc1ccc(-c2cnn3ccc(NC4CCC(CO)CC4)nc23)cc1OC. The lowest BCUT2D eigenvalue weighted by Crippen LogP contribution is -2.27. The Kier molecular flexibility index (Phi) is 5.34. The van der Waals surface area contributed by atoms with Gasteiger partial charge in [0.05, 0.1) is 20.4 Å². The predicted molar refractivity (Wildman–Crippen MR) is 108 cm³/mol. The number of benzene rings is 1. The highest BCUT2D eigenvalue weighted by molar-refractivity contribution is 5.79. The third kappa shape index (κ3) is 3.62. The zero-order valence-corrected chi connectivity index (χ0v) is 16.3. The smallest absolute Gasteiger partial charge is 0.165 e. The Morgan fingerprint density at radius 3 is 2.61 bits per heavy atom. The van der Waals surface area contributed by atoms with E-state index >= 15 is 0 Å². The van der Waals surface area contributed by atoms with Gasteiger partial charge >= 0.3 is 0 Å². The molecule has 0 atom stereocenters. The minimum absolute atomic E-state index is 0.293. The van der Waals surface area contributed by atoms with Crippen LogP contribution >= 0.6 is 0 Å². The van der Waals surface area contributed by atoms with Gasteiger partial charge < -0.3 is 19.9 Å². The Balaban J connectivity index is 1.60. The summed E-state index contributed by atoms with van der Waals surface area (Å²) in [6, 6.07) is 8.16. The van der Waals surface area contributed by atoms with Crippen LogP contribution in [0.15, 0.2) is 36.7 Å². The van der Waals surface area contributed by atoms with E-state index < -0.39 is 0 Å². The highest BCUT2D eigenvalue weighted by Crippen LogP contribution is 2.34. The molecule has 7 nitrogen and oxygen atoms in total. The Morgan fingerprint density at radius 2 is 1.89 bits per heavy atom. The molecule has 1 aromatic carbocycles. The lowest BCUT2D eigenvalue weighted by atomic mass is 9.86. The first-order chi connectivity index (χ1) is 13.7. The number of aliphatic hydroxyl groups is 1. The summed E-state index contributed by atoms with van der Waals surface area (Å²) in [5, 5.41) is 17.3. The number of methoxy groups -OCH3 is 2. The van der Waals surface area contributed by atoms with Crippen LogP contribution in [0.4, 0.5) is 5.82 Å². The summed E-state index contributed by atoms with van der Waals surface area (Å²) in [7, 11) is 3.25. The maximum absolute atomic E-state index is 9.31. The molecule has 1 fully saturated rings. The van der Waals surface area contributed by atoms with Gasteiger partial charge in [-0.05, 0) is 55.4 Å². The van der Waals surface area contributed by atoms with Crippen molar-refractivity contribution >= 4 is 11.5 Å². The second-order valence-corrected chi connectivity index (χ2v) is 7.25. The van der Waals surface area contributed by atoms with Crippen molar-refractivity contribution in [3.63, 3.8) is 0 Å². The van der Waals surface area contributed by atoms with E-state index in [2.05, 4.69) is 10.4 Å². The Labute approximate surface area is 164 Å². The summed E-state index contributed by atoms with van der Waals surface area (Å²) < 4.78 is 12.5. The van der Waals surface area contributed by atoms with Gasteiger partial charge in [-0.25, -0.2) is 9.50 Å². The van der Waals surface area contributed by atoms with Crippen molar-refractivity contribution in [1.29, 1.82) is 0 Å². The maximum Gasteiger partial charge on any atom is 0.165 e. The fraction of sp³-hybridized carbons (Fsp3) is 0.429. The fourth-order valence-corrected chi connectivity index (χ4v) is 3.86. The van der Waals surface area contributed by atoms with Crippen molar-refractivity contribution in [1.82, 2.24) is 14.6 Å². The molecule has 1 saturated carbocycles. The molecule has 0 spiro atoms. The summed E-state index contributed by atoms with van der Waals surface area (Å²) in [5.74, 6) is 2.66. The van der Waals surface area contributed by atoms with E-state index in [1.807, 2.05) is 36.7 Å². The second-order valence-electron chi connectivity index (χ2n) is 7.25. The molecule has 1 aliphatic carbocycles. The summed E-state index contributed by atoms with van der Waals surface area (Å²) >= 11 is 0. The molecule has 0 amide bonds.